The summed E-state index contributed by atoms with van der Waals surface area (Å²) in [5.74, 6) is 0. The van der Waals surface area contributed by atoms with Gasteiger partial charge in [0.2, 0.25) is 0 Å². The van der Waals surface area contributed by atoms with Crippen molar-refractivity contribution >= 4 is 22.6 Å². The summed E-state index contributed by atoms with van der Waals surface area (Å²) in [5.41, 5.74) is 0. The van der Waals surface area contributed by atoms with E-state index in [4.69, 9.17) is 9.47 Å². The van der Waals surface area contributed by atoms with E-state index in [9.17, 15) is 0 Å². The lowest BCUT2D eigenvalue weighted by Crippen LogP contribution is -2.38. The number of hydrogen-bond donors (Lipinski definition) is 0. The van der Waals surface area contributed by atoms with Crippen molar-refractivity contribution in [3.8, 4) is 6.01 Å². The molecule has 1 aromatic rings. The summed E-state index contributed by atoms with van der Waals surface area (Å²) in [6.45, 7) is 5.13. The zero-order valence-electron chi connectivity index (χ0n) is 8.93. The molecule has 1 aliphatic heterocycles. The second kappa shape index (κ2) is 6.31. The first kappa shape index (κ1) is 12.0. The van der Waals surface area contributed by atoms with E-state index >= 15 is 0 Å². The maximum Gasteiger partial charge on any atom is 0.316 e. The lowest BCUT2D eigenvalue weighted by Gasteiger charge is -2.26. The van der Waals surface area contributed by atoms with Gasteiger partial charge in [0.25, 0.3) is 0 Å². The molecule has 88 valence electrons. The van der Waals surface area contributed by atoms with Crippen LogP contribution in [-0.2, 0) is 4.74 Å². The van der Waals surface area contributed by atoms with Gasteiger partial charge in [-0.15, -0.1) is 0 Å². The molecule has 16 heavy (non-hydrogen) atoms. The van der Waals surface area contributed by atoms with Crippen molar-refractivity contribution in [2.24, 2.45) is 0 Å². The van der Waals surface area contributed by atoms with E-state index in [-0.39, 0.29) is 0 Å². The number of rotatable bonds is 4. The van der Waals surface area contributed by atoms with Crippen LogP contribution in [0, 0.1) is 3.57 Å². The Bertz CT molecular complexity index is 314. The molecule has 1 aliphatic rings. The van der Waals surface area contributed by atoms with Crippen molar-refractivity contribution in [1.82, 2.24) is 14.9 Å². The summed E-state index contributed by atoms with van der Waals surface area (Å²) < 4.78 is 11.7. The SMILES string of the molecule is Ic1cnc(OCCN2CCOCC2)nc1. The lowest BCUT2D eigenvalue weighted by atomic mass is 10.4. The van der Waals surface area contributed by atoms with E-state index in [1.807, 2.05) is 0 Å². The van der Waals surface area contributed by atoms with Gasteiger partial charge in [0.05, 0.1) is 13.2 Å². The highest BCUT2D eigenvalue weighted by Gasteiger charge is 2.09. The Balaban J connectivity index is 1.69. The number of aromatic nitrogens is 2. The third-order valence-electron chi connectivity index (χ3n) is 2.34. The molecule has 0 amide bonds. The number of halogens is 1. The van der Waals surface area contributed by atoms with Gasteiger partial charge in [-0.3, -0.25) is 4.90 Å². The van der Waals surface area contributed by atoms with Crippen LogP contribution < -0.4 is 4.74 Å². The van der Waals surface area contributed by atoms with E-state index in [1.165, 1.54) is 0 Å². The second-order valence-electron chi connectivity index (χ2n) is 3.49. The van der Waals surface area contributed by atoms with Crippen LogP contribution in [0.2, 0.25) is 0 Å². The highest BCUT2D eigenvalue weighted by Crippen LogP contribution is 2.04. The Morgan fingerprint density at radius 3 is 2.69 bits per heavy atom. The fourth-order valence-corrected chi connectivity index (χ4v) is 1.74. The molecular formula is C10H14IN3O2. The van der Waals surface area contributed by atoms with Crippen molar-refractivity contribution in [3.05, 3.63) is 16.0 Å². The van der Waals surface area contributed by atoms with Crippen LogP contribution in [0.1, 0.15) is 0 Å². The molecule has 0 unspecified atom stereocenters. The Morgan fingerprint density at radius 1 is 1.31 bits per heavy atom. The highest BCUT2D eigenvalue weighted by atomic mass is 127. The minimum Gasteiger partial charge on any atom is -0.462 e. The first-order valence-electron chi connectivity index (χ1n) is 5.25. The molecule has 1 saturated heterocycles. The van der Waals surface area contributed by atoms with Gasteiger partial charge in [-0.1, -0.05) is 0 Å². The third kappa shape index (κ3) is 3.84. The molecule has 2 rings (SSSR count). The van der Waals surface area contributed by atoms with Gasteiger partial charge in [-0.2, -0.15) is 0 Å². The van der Waals surface area contributed by atoms with Crippen LogP contribution in [0.25, 0.3) is 0 Å². The number of morpholine rings is 1. The maximum absolute atomic E-state index is 5.46. The highest BCUT2D eigenvalue weighted by molar-refractivity contribution is 14.1. The Hall–Kier alpha value is -0.470. The van der Waals surface area contributed by atoms with Crippen molar-refractivity contribution in [1.29, 1.82) is 0 Å². The van der Waals surface area contributed by atoms with Gasteiger partial charge in [0.15, 0.2) is 0 Å². The molecule has 1 fully saturated rings. The molecule has 0 bridgehead atoms. The second-order valence-corrected chi connectivity index (χ2v) is 4.73. The average molecular weight is 335 g/mol. The summed E-state index contributed by atoms with van der Waals surface area (Å²) in [7, 11) is 0. The molecule has 1 aromatic heterocycles. The van der Waals surface area contributed by atoms with Crippen LogP contribution in [-0.4, -0.2) is 54.3 Å². The molecule has 0 aliphatic carbocycles. The van der Waals surface area contributed by atoms with Crippen molar-refractivity contribution < 1.29 is 9.47 Å². The largest absolute Gasteiger partial charge is 0.462 e. The van der Waals surface area contributed by atoms with Crippen LogP contribution in [0.5, 0.6) is 6.01 Å². The number of ether oxygens (including phenoxy) is 2. The fraction of sp³-hybridized carbons (Fsp3) is 0.600. The third-order valence-corrected chi connectivity index (χ3v) is 2.90. The van der Waals surface area contributed by atoms with Crippen molar-refractivity contribution in [2.75, 3.05) is 39.5 Å². The fourth-order valence-electron chi connectivity index (χ4n) is 1.47. The molecule has 0 atom stereocenters. The standard InChI is InChI=1S/C10H14IN3O2/c11-9-7-12-10(13-8-9)16-6-3-14-1-4-15-5-2-14/h7-8H,1-6H2. The first-order chi connectivity index (χ1) is 7.84. The van der Waals surface area contributed by atoms with E-state index in [2.05, 4.69) is 37.5 Å². The van der Waals surface area contributed by atoms with Gasteiger partial charge in [-0.05, 0) is 22.6 Å². The summed E-state index contributed by atoms with van der Waals surface area (Å²) in [4.78, 5) is 10.5. The lowest BCUT2D eigenvalue weighted by molar-refractivity contribution is 0.0317. The van der Waals surface area contributed by atoms with Gasteiger partial charge in [0.1, 0.15) is 6.61 Å². The van der Waals surface area contributed by atoms with Gasteiger partial charge in [0, 0.05) is 35.6 Å². The van der Waals surface area contributed by atoms with Gasteiger partial charge in [-0.25, -0.2) is 9.97 Å². The molecular weight excluding hydrogens is 321 g/mol. The van der Waals surface area contributed by atoms with Gasteiger partial charge >= 0.3 is 6.01 Å². The quantitative estimate of drug-likeness (QED) is 0.762. The molecule has 0 N–H and O–H groups in total. The molecule has 0 saturated carbocycles. The normalized spacial score (nSPS) is 17.3. The van der Waals surface area contributed by atoms with Crippen molar-refractivity contribution in [3.63, 3.8) is 0 Å². The smallest absolute Gasteiger partial charge is 0.316 e. The summed E-state index contributed by atoms with van der Waals surface area (Å²) in [6, 6.07) is 0.452. The molecule has 0 spiro atoms. The molecule has 0 aromatic carbocycles. The Labute approximate surface area is 108 Å². The van der Waals surface area contributed by atoms with Crippen LogP contribution in [0.4, 0.5) is 0 Å². The summed E-state index contributed by atoms with van der Waals surface area (Å²) in [6.07, 6.45) is 3.50. The van der Waals surface area contributed by atoms with E-state index < -0.39 is 0 Å². The predicted octanol–water partition coefficient (Wildman–Crippen LogP) is 0.792. The Kier molecular flexibility index (Phi) is 4.73. The zero-order valence-corrected chi connectivity index (χ0v) is 11.1. The maximum atomic E-state index is 5.46. The topological polar surface area (TPSA) is 47.5 Å². The van der Waals surface area contributed by atoms with Gasteiger partial charge < -0.3 is 9.47 Å². The van der Waals surface area contributed by atoms with Crippen LogP contribution in [0.3, 0.4) is 0 Å². The van der Waals surface area contributed by atoms with Crippen LogP contribution >= 0.6 is 22.6 Å². The number of nitrogens with zero attached hydrogens (tertiary/aromatic N) is 3. The monoisotopic (exact) mass is 335 g/mol. The van der Waals surface area contributed by atoms with E-state index in [0.717, 1.165) is 36.4 Å². The predicted molar refractivity (Wildman–Crippen MR) is 67.5 cm³/mol. The first-order valence-corrected chi connectivity index (χ1v) is 6.33. The molecule has 6 heteroatoms. The van der Waals surface area contributed by atoms with Crippen molar-refractivity contribution in [2.45, 2.75) is 0 Å². The summed E-state index contributed by atoms with van der Waals surface area (Å²) >= 11 is 2.17. The summed E-state index contributed by atoms with van der Waals surface area (Å²) in [5, 5.41) is 0. The molecule has 0 radical (unpaired) electrons. The number of hydrogen-bond acceptors (Lipinski definition) is 5. The molecule has 5 nitrogen and oxygen atoms in total. The molecule has 2 heterocycles. The van der Waals surface area contributed by atoms with Crippen LogP contribution in [0.15, 0.2) is 12.4 Å². The van der Waals surface area contributed by atoms with E-state index in [0.29, 0.717) is 12.6 Å². The minimum atomic E-state index is 0.452. The average Bonchev–Trinajstić information content (AvgIpc) is 2.33. The Morgan fingerprint density at radius 2 is 2.00 bits per heavy atom. The minimum absolute atomic E-state index is 0.452. The zero-order chi connectivity index (χ0) is 11.2. The van der Waals surface area contributed by atoms with E-state index in [1.54, 1.807) is 12.4 Å².